The summed E-state index contributed by atoms with van der Waals surface area (Å²) in [6, 6.07) is 4.08. The van der Waals surface area contributed by atoms with E-state index >= 15 is 0 Å². The van der Waals surface area contributed by atoms with Gasteiger partial charge in [-0.15, -0.1) is 17.5 Å². The summed E-state index contributed by atoms with van der Waals surface area (Å²) in [5.74, 6) is -1.59. The number of nitrogens with zero attached hydrogens (tertiary/aromatic N) is 3. The highest BCUT2D eigenvalue weighted by Crippen LogP contribution is 2.32. The molecular weight excluding hydrogens is 366 g/mol. The van der Waals surface area contributed by atoms with Crippen LogP contribution in [0.5, 0.6) is 0 Å². The molecule has 1 unspecified atom stereocenters. The van der Waals surface area contributed by atoms with Crippen molar-refractivity contribution < 1.29 is 22.4 Å². The highest BCUT2D eigenvalue weighted by molar-refractivity contribution is 5.93. The van der Waals surface area contributed by atoms with Crippen molar-refractivity contribution in [2.45, 2.75) is 19.1 Å². The molecule has 2 rings (SSSR count). The minimum absolute atomic E-state index is 0. The maximum atomic E-state index is 13.4. The number of rotatable bonds is 5. The van der Waals surface area contributed by atoms with E-state index in [0.717, 1.165) is 24.3 Å². The summed E-state index contributed by atoms with van der Waals surface area (Å²) >= 11 is 0. The highest BCUT2D eigenvalue weighted by atomic mass is 35.5. The molecule has 2 N–H and O–H groups in total. The lowest BCUT2D eigenvalue weighted by atomic mass is 10.2. The fraction of sp³-hybridized carbons (Fsp3) is 0.357. The molecule has 1 atom stereocenters. The molecule has 0 fully saturated rings. The molecule has 0 saturated heterocycles. The van der Waals surface area contributed by atoms with Crippen LogP contribution in [-0.2, 0) is 6.18 Å². The van der Waals surface area contributed by atoms with Crippen molar-refractivity contribution in [2.24, 2.45) is 0 Å². The molecule has 0 aliphatic rings. The van der Waals surface area contributed by atoms with Crippen LogP contribution < -0.4 is 10.6 Å². The zero-order valence-corrected chi connectivity index (χ0v) is 14.1. The number of aromatic nitrogens is 3. The summed E-state index contributed by atoms with van der Waals surface area (Å²) in [5.41, 5.74) is -2.21. The number of hydrogen-bond acceptors (Lipinski definition) is 4. The summed E-state index contributed by atoms with van der Waals surface area (Å²) in [6.45, 7) is 1.87. The average Bonchev–Trinajstić information content (AvgIpc) is 2.98. The number of benzene rings is 1. The third-order valence-corrected chi connectivity index (χ3v) is 3.29. The Bertz CT molecular complexity index is 717. The molecule has 0 aliphatic carbocycles. The second kappa shape index (κ2) is 8.26. The highest BCUT2D eigenvalue weighted by Gasteiger charge is 2.42. The zero-order chi connectivity index (χ0) is 17.9. The van der Waals surface area contributed by atoms with Gasteiger partial charge >= 0.3 is 6.18 Å². The first-order valence-electron chi connectivity index (χ1n) is 6.98. The van der Waals surface area contributed by atoms with Gasteiger partial charge in [-0.2, -0.15) is 13.2 Å². The van der Waals surface area contributed by atoms with Gasteiger partial charge in [0.1, 0.15) is 5.82 Å². The van der Waals surface area contributed by atoms with Gasteiger partial charge in [-0.3, -0.25) is 4.79 Å². The number of alkyl halides is 3. The van der Waals surface area contributed by atoms with Gasteiger partial charge in [-0.25, -0.2) is 9.07 Å². The summed E-state index contributed by atoms with van der Waals surface area (Å²) < 4.78 is 53.5. The van der Waals surface area contributed by atoms with Crippen LogP contribution >= 0.6 is 12.4 Å². The Kier molecular flexibility index (Phi) is 6.88. The summed E-state index contributed by atoms with van der Waals surface area (Å²) in [4.78, 5) is 12.0. The molecule has 1 amide bonds. The minimum Gasteiger partial charge on any atom is -0.349 e. The summed E-state index contributed by atoms with van der Waals surface area (Å²) in [7, 11) is 1.66. The van der Waals surface area contributed by atoms with Gasteiger partial charge in [0.05, 0.1) is 5.69 Å². The number of carbonyl (C=O) groups is 1. The van der Waals surface area contributed by atoms with E-state index in [1.165, 1.54) is 0 Å². The molecule has 25 heavy (non-hydrogen) atoms. The van der Waals surface area contributed by atoms with Crippen molar-refractivity contribution in [3.05, 3.63) is 41.5 Å². The maximum Gasteiger partial charge on any atom is 0.435 e. The summed E-state index contributed by atoms with van der Waals surface area (Å²) in [6.07, 6.45) is -4.86. The van der Waals surface area contributed by atoms with E-state index in [0.29, 0.717) is 4.68 Å². The molecule has 1 heterocycles. The molecular formula is C14H16ClF4N5O. The first-order chi connectivity index (χ1) is 11.2. The standard InChI is InChI=1S/C14H15F4N5O.ClH/c1-8(19-2)7-20-13(24)11-12(14(16,17)18)23(22-21-11)10-5-3-9(15)4-6-10;/h3-6,8,19H,7H2,1-2H3,(H,20,24);1H. The average molecular weight is 382 g/mol. The number of amides is 1. The first-order valence-corrected chi connectivity index (χ1v) is 6.98. The van der Waals surface area contributed by atoms with E-state index in [1.54, 1.807) is 14.0 Å². The van der Waals surface area contributed by atoms with Crippen molar-refractivity contribution >= 4 is 18.3 Å². The summed E-state index contributed by atoms with van der Waals surface area (Å²) in [5, 5.41) is 11.9. The fourth-order valence-electron chi connectivity index (χ4n) is 1.88. The number of likely N-dealkylation sites (N-methyl/N-ethyl adjacent to an activating group) is 1. The fourth-order valence-corrected chi connectivity index (χ4v) is 1.88. The van der Waals surface area contributed by atoms with Crippen molar-refractivity contribution in [1.82, 2.24) is 25.6 Å². The lowest BCUT2D eigenvalue weighted by Crippen LogP contribution is -2.38. The van der Waals surface area contributed by atoms with E-state index in [9.17, 15) is 22.4 Å². The van der Waals surface area contributed by atoms with E-state index in [4.69, 9.17) is 0 Å². The molecule has 11 heteroatoms. The van der Waals surface area contributed by atoms with Gasteiger partial charge in [-0.1, -0.05) is 5.21 Å². The molecule has 2 aromatic rings. The molecule has 0 bridgehead atoms. The van der Waals surface area contributed by atoms with Crippen LogP contribution in [0.1, 0.15) is 23.1 Å². The van der Waals surface area contributed by atoms with Crippen LogP contribution in [0.15, 0.2) is 24.3 Å². The lowest BCUT2D eigenvalue weighted by molar-refractivity contribution is -0.143. The van der Waals surface area contributed by atoms with Crippen LogP contribution in [0.4, 0.5) is 17.6 Å². The third-order valence-electron chi connectivity index (χ3n) is 3.29. The number of hydrogen-bond donors (Lipinski definition) is 2. The molecule has 138 valence electrons. The third kappa shape index (κ3) is 4.89. The SMILES string of the molecule is CNC(C)CNC(=O)c1nnn(-c2ccc(F)cc2)c1C(F)(F)F.Cl. The van der Waals surface area contributed by atoms with Gasteiger partial charge in [-0.05, 0) is 38.2 Å². The van der Waals surface area contributed by atoms with Crippen molar-refractivity contribution in [1.29, 1.82) is 0 Å². The normalized spacial score (nSPS) is 12.4. The Labute approximate surface area is 147 Å². The Balaban J connectivity index is 0.00000312. The molecule has 0 saturated carbocycles. The molecule has 1 aromatic heterocycles. The second-order valence-corrected chi connectivity index (χ2v) is 5.07. The molecule has 0 radical (unpaired) electrons. The van der Waals surface area contributed by atoms with Crippen LogP contribution in [0.3, 0.4) is 0 Å². The van der Waals surface area contributed by atoms with Gasteiger partial charge in [0.15, 0.2) is 11.4 Å². The lowest BCUT2D eigenvalue weighted by Gasteiger charge is -2.13. The van der Waals surface area contributed by atoms with Gasteiger partial charge in [0.2, 0.25) is 0 Å². The van der Waals surface area contributed by atoms with E-state index < -0.39 is 29.3 Å². The van der Waals surface area contributed by atoms with Crippen molar-refractivity contribution in [2.75, 3.05) is 13.6 Å². The van der Waals surface area contributed by atoms with Crippen LogP contribution in [0, 0.1) is 5.82 Å². The maximum absolute atomic E-state index is 13.4. The largest absolute Gasteiger partial charge is 0.435 e. The topological polar surface area (TPSA) is 71.8 Å². The van der Waals surface area contributed by atoms with Crippen LogP contribution in [0.25, 0.3) is 5.69 Å². The first kappa shape index (κ1) is 20.8. The Morgan fingerprint density at radius 3 is 2.40 bits per heavy atom. The van der Waals surface area contributed by atoms with Crippen molar-refractivity contribution in [3.63, 3.8) is 0 Å². The predicted octanol–water partition coefficient (Wildman–Crippen LogP) is 2.18. The molecule has 0 spiro atoms. The van der Waals surface area contributed by atoms with E-state index in [1.807, 2.05) is 0 Å². The van der Waals surface area contributed by atoms with E-state index in [-0.39, 0.29) is 30.7 Å². The molecule has 0 aliphatic heterocycles. The van der Waals surface area contributed by atoms with E-state index in [2.05, 4.69) is 20.9 Å². The van der Waals surface area contributed by atoms with Gasteiger partial charge in [0.25, 0.3) is 5.91 Å². The quantitative estimate of drug-likeness (QED) is 0.779. The minimum atomic E-state index is -4.86. The Morgan fingerprint density at radius 1 is 1.28 bits per heavy atom. The van der Waals surface area contributed by atoms with Gasteiger partial charge < -0.3 is 10.6 Å². The van der Waals surface area contributed by atoms with Crippen LogP contribution in [-0.4, -0.2) is 40.5 Å². The predicted molar refractivity (Wildman–Crippen MR) is 84.4 cm³/mol. The van der Waals surface area contributed by atoms with Crippen LogP contribution in [0.2, 0.25) is 0 Å². The smallest absolute Gasteiger partial charge is 0.349 e. The monoisotopic (exact) mass is 381 g/mol. The number of halogens is 5. The second-order valence-electron chi connectivity index (χ2n) is 5.07. The van der Waals surface area contributed by atoms with Crippen molar-refractivity contribution in [3.8, 4) is 5.69 Å². The molecule has 6 nitrogen and oxygen atoms in total. The zero-order valence-electron chi connectivity index (χ0n) is 13.3. The number of nitrogens with one attached hydrogen (secondary N) is 2. The van der Waals surface area contributed by atoms with Gasteiger partial charge in [0, 0.05) is 12.6 Å². The Morgan fingerprint density at radius 2 is 1.88 bits per heavy atom. The molecule has 1 aromatic carbocycles. The number of carbonyl (C=O) groups excluding carboxylic acids is 1. The Hall–Kier alpha value is -2.20.